The van der Waals surface area contributed by atoms with Crippen molar-refractivity contribution in [2.75, 3.05) is 14.2 Å². The first-order valence-electron chi connectivity index (χ1n) is 7.67. The fourth-order valence-electron chi connectivity index (χ4n) is 2.97. The number of nitrogens with one attached hydrogen (secondary N) is 1. The van der Waals surface area contributed by atoms with Crippen molar-refractivity contribution >= 4 is 15.9 Å². The lowest BCUT2D eigenvalue weighted by atomic mass is 10.1. The second kappa shape index (κ2) is 6.88. The topological polar surface area (TPSA) is 61.2 Å². The molecule has 0 saturated heterocycles. The third-order valence-corrected chi connectivity index (χ3v) is 4.98. The number of methoxy groups -OCH3 is 2. The number of hydrogen-bond acceptors (Lipinski definition) is 5. The average molecular weight is 381 g/mol. The summed E-state index contributed by atoms with van der Waals surface area (Å²) in [6, 6.07) is 4.16. The smallest absolute Gasteiger partial charge is 0.161 e. The Kier molecular flexibility index (Phi) is 4.87. The quantitative estimate of drug-likeness (QED) is 0.863. The summed E-state index contributed by atoms with van der Waals surface area (Å²) < 4.78 is 13.9. The maximum Gasteiger partial charge on any atom is 0.161 e. The van der Waals surface area contributed by atoms with E-state index in [0.717, 1.165) is 59.1 Å². The van der Waals surface area contributed by atoms with Gasteiger partial charge in [-0.2, -0.15) is 0 Å². The predicted octanol–water partition coefficient (Wildman–Crippen LogP) is 2.99. The lowest BCUT2D eigenvalue weighted by Gasteiger charge is -2.24. The predicted molar refractivity (Wildman–Crippen MR) is 90.8 cm³/mol. The van der Waals surface area contributed by atoms with Crippen LogP contribution in [0.5, 0.6) is 11.5 Å². The Morgan fingerprint density at radius 2 is 2.00 bits per heavy atom. The summed E-state index contributed by atoms with van der Waals surface area (Å²) >= 11 is 3.60. The molecule has 3 rings (SSSR count). The maximum atomic E-state index is 5.38. The minimum atomic E-state index is 0.227. The lowest BCUT2D eigenvalue weighted by molar-refractivity contribution is 0.353. The van der Waals surface area contributed by atoms with Gasteiger partial charge in [-0.15, -0.1) is 10.2 Å². The molecule has 6 nitrogen and oxygen atoms in total. The summed E-state index contributed by atoms with van der Waals surface area (Å²) in [5.74, 6) is 3.47. The lowest BCUT2D eigenvalue weighted by Crippen LogP contribution is -2.28. The first-order valence-corrected chi connectivity index (χ1v) is 8.46. The SMILES string of the molecule is COc1cc(Br)c(CN[C@H]2CCCn3c(C)nnc32)cc1OC. The first-order chi connectivity index (χ1) is 11.1. The number of aromatic nitrogens is 3. The maximum absolute atomic E-state index is 5.38. The fraction of sp³-hybridized carbons (Fsp3) is 0.500. The molecular weight excluding hydrogens is 360 g/mol. The van der Waals surface area contributed by atoms with Crippen molar-refractivity contribution in [2.45, 2.75) is 38.9 Å². The van der Waals surface area contributed by atoms with E-state index in [2.05, 4.69) is 36.0 Å². The monoisotopic (exact) mass is 380 g/mol. The largest absolute Gasteiger partial charge is 0.493 e. The van der Waals surface area contributed by atoms with Crippen molar-refractivity contribution in [1.82, 2.24) is 20.1 Å². The van der Waals surface area contributed by atoms with Gasteiger partial charge in [-0.05, 0) is 37.5 Å². The molecule has 0 aliphatic carbocycles. The Hall–Kier alpha value is -1.60. The van der Waals surface area contributed by atoms with Gasteiger partial charge in [0, 0.05) is 17.6 Å². The van der Waals surface area contributed by atoms with E-state index in [1.165, 1.54) is 0 Å². The highest BCUT2D eigenvalue weighted by Gasteiger charge is 2.24. The van der Waals surface area contributed by atoms with E-state index in [1.807, 2.05) is 19.1 Å². The molecule has 23 heavy (non-hydrogen) atoms. The molecule has 124 valence electrons. The minimum Gasteiger partial charge on any atom is -0.493 e. The second-order valence-electron chi connectivity index (χ2n) is 5.63. The van der Waals surface area contributed by atoms with Crippen molar-refractivity contribution in [2.24, 2.45) is 0 Å². The van der Waals surface area contributed by atoms with Crippen molar-refractivity contribution < 1.29 is 9.47 Å². The summed E-state index contributed by atoms with van der Waals surface area (Å²) in [4.78, 5) is 0. The molecule has 0 radical (unpaired) electrons. The summed E-state index contributed by atoms with van der Waals surface area (Å²) in [7, 11) is 3.29. The van der Waals surface area contributed by atoms with Crippen LogP contribution in [0.2, 0.25) is 0 Å². The molecule has 2 aromatic rings. The summed E-state index contributed by atoms with van der Waals surface area (Å²) in [5.41, 5.74) is 1.12. The molecule has 1 aromatic carbocycles. The van der Waals surface area contributed by atoms with Crippen molar-refractivity contribution in [3.05, 3.63) is 33.8 Å². The molecule has 2 heterocycles. The van der Waals surface area contributed by atoms with E-state index in [4.69, 9.17) is 9.47 Å². The van der Waals surface area contributed by atoms with Crippen LogP contribution < -0.4 is 14.8 Å². The van der Waals surface area contributed by atoms with Crippen LogP contribution in [0.15, 0.2) is 16.6 Å². The van der Waals surface area contributed by atoms with E-state index in [1.54, 1.807) is 14.2 Å². The van der Waals surface area contributed by atoms with Crippen LogP contribution >= 0.6 is 15.9 Å². The van der Waals surface area contributed by atoms with E-state index < -0.39 is 0 Å². The van der Waals surface area contributed by atoms with Gasteiger partial charge >= 0.3 is 0 Å². The summed E-state index contributed by atoms with van der Waals surface area (Å²) in [6.45, 7) is 3.73. The van der Waals surface area contributed by atoms with Crippen molar-refractivity contribution in [1.29, 1.82) is 0 Å². The van der Waals surface area contributed by atoms with Gasteiger partial charge in [0.15, 0.2) is 11.5 Å². The van der Waals surface area contributed by atoms with Crippen LogP contribution in [0.4, 0.5) is 0 Å². The highest BCUT2D eigenvalue weighted by Crippen LogP contribution is 2.34. The van der Waals surface area contributed by atoms with Crippen molar-refractivity contribution in [3.63, 3.8) is 0 Å². The van der Waals surface area contributed by atoms with Gasteiger partial charge in [0.2, 0.25) is 0 Å². The number of aryl methyl sites for hydroxylation is 1. The Morgan fingerprint density at radius 3 is 2.74 bits per heavy atom. The second-order valence-corrected chi connectivity index (χ2v) is 6.49. The molecule has 7 heteroatoms. The van der Waals surface area contributed by atoms with Gasteiger partial charge < -0.3 is 19.4 Å². The number of ether oxygens (including phenoxy) is 2. The standard InChI is InChI=1S/C16H21BrN4O2/c1-10-19-20-16-13(5-4-6-21(10)16)18-9-11-7-14(22-2)15(23-3)8-12(11)17/h7-8,13,18H,4-6,9H2,1-3H3/t13-/m0/s1. The van der Waals surface area contributed by atoms with Crippen LogP contribution in [-0.4, -0.2) is 29.0 Å². The average Bonchev–Trinajstić information content (AvgIpc) is 2.95. The van der Waals surface area contributed by atoms with Gasteiger partial charge in [0.25, 0.3) is 0 Å². The molecule has 0 unspecified atom stereocenters. The van der Waals surface area contributed by atoms with Crippen LogP contribution in [0.25, 0.3) is 0 Å². The third kappa shape index (κ3) is 3.21. The van der Waals surface area contributed by atoms with Crippen molar-refractivity contribution in [3.8, 4) is 11.5 Å². The number of hydrogen-bond donors (Lipinski definition) is 1. The van der Waals surface area contributed by atoms with Gasteiger partial charge in [-0.25, -0.2) is 0 Å². The normalized spacial score (nSPS) is 17.0. The summed E-state index contributed by atoms with van der Waals surface area (Å²) in [6.07, 6.45) is 2.21. The zero-order chi connectivity index (χ0) is 16.4. The molecule has 0 saturated carbocycles. The highest BCUT2D eigenvalue weighted by molar-refractivity contribution is 9.10. The van der Waals surface area contributed by atoms with Crippen LogP contribution in [0.3, 0.4) is 0 Å². The molecule has 1 atom stereocenters. The zero-order valence-corrected chi connectivity index (χ0v) is 15.2. The first kappa shape index (κ1) is 16.3. The van der Waals surface area contributed by atoms with Gasteiger partial charge in [-0.3, -0.25) is 0 Å². The molecular formula is C16H21BrN4O2. The molecule has 0 fully saturated rings. The zero-order valence-electron chi connectivity index (χ0n) is 13.6. The van der Waals surface area contributed by atoms with Crippen LogP contribution in [0, 0.1) is 6.92 Å². The molecule has 1 N–H and O–H groups in total. The van der Waals surface area contributed by atoms with Crippen LogP contribution in [-0.2, 0) is 13.1 Å². The molecule has 0 amide bonds. The fourth-order valence-corrected chi connectivity index (χ4v) is 3.43. The Morgan fingerprint density at radius 1 is 1.26 bits per heavy atom. The number of nitrogens with zero attached hydrogens (tertiary/aromatic N) is 3. The van der Waals surface area contributed by atoms with Crippen LogP contribution in [0.1, 0.15) is 36.1 Å². The van der Waals surface area contributed by atoms with E-state index in [0.29, 0.717) is 0 Å². The van der Waals surface area contributed by atoms with Gasteiger partial charge in [0.05, 0.1) is 20.3 Å². The van der Waals surface area contributed by atoms with E-state index in [9.17, 15) is 0 Å². The van der Waals surface area contributed by atoms with Gasteiger partial charge in [0.1, 0.15) is 11.6 Å². The minimum absolute atomic E-state index is 0.227. The molecule has 0 bridgehead atoms. The van der Waals surface area contributed by atoms with E-state index >= 15 is 0 Å². The number of benzene rings is 1. The third-order valence-electron chi connectivity index (χ3n) is 4.24. The Labute approximate surface area is 144 Å². The number of halogens is 1. The molecule has 1 aromatic heterocycles. The van der Waals surface area contributed by atoms with E-state index in [-0.39, 0.29) is 6.04 Å². The molecule has 1 aliphatic heterocycles. The molecule has 0 spiro atoms. The highest BCUT2D eigenvalue weighted by atomic mass is 79.9. The molecule has 1 aliphatic rings. The number of rotatable bonds is 5. The Balaban J connectivity index is 1.77. The number of fused-ring (bicyclic) bond motifs is 1. The summed E-state index contributed by atoms with van der Waals surface area (Å²) in [5, 5.41) is 12.1. The van der Waals surface area contributed by atoms with Gasteiger partial charge in [-0.1, -0.05) is 15.9 Å². The Bertz CT molecular complexity index is 702.